The first-order valence-corrected chi connectivity index (χ1v) is 12.2. The number of para-hydroxylation sites is 1. The summed E-state index contributed by atoms with van der Waals surface area (Å²) in [6.07, 6.45) is 0.0249. The Labute approximate surface area is 202 Å². The molecule has 0 heterocycles. The van der Waals surface area contributed by atoms with Gasteiger partial charge in [0.25, 0.3) is 0 Å². The molecule has 0 aromatic heterocycles. The fourth-order valence-corrected chi connectivity index (χ4v) is 8.20. The third-order valence-electron chi connectivity index (χ3n) is 5.26. The van der Waals surface area contributed by atoms with Crippen molar-refractivity contribution in [2.45, 2.75) is 6.10 Å². The molecule has 0 aliphatic rings. The van der Waals surface area contributed by atoms with Gasteiger partial charge in [0.15, 0.2) is 0 Å². The van der Waals surface area contributed by atoms with E-state index in [1.165, 1.54) is 15.9 Å². The molecule has 4 rings (SSSR count). The predicted octanol–water partition coefficient (Wildman–Crippen LogP) is 1.42. The molecule has 0 spiro atoms. The van der Waals surface area contributed by atoms with Crippen LogP contribution in [0.3, 0.4) is 0 Å². The van der Waals surface area contributed by atoms with E-state index in [9.17, 15) is 5.11 Å². The van der Waals surface area contributed by atoms with Crippen molar-refractivity contribution in [2.24, 2.45) is 0 Å². The molecular formula is C27H26IO2P. The second kappa shape index (κ2) is 11.4. The largest absolute Gasteiger partial charge is 1.00 e. The molecule has 1 unspecified atom stereocenters. The first kappa shape index (κ1) is 23.5. The lowest BCUT2D eigenvalue weighted by Gasteiger charge is -2.29. The molecule has 4 aromatic carbocycles. The Hall–Kier alpha value is -2.20. The number of benzene rings is 4. The van der Waals surface area contributed by atoms with E-state index in [-0.39, 0.29) is 30.6 Å². The van der Waals surface area contributed by atoms with Crippen LogP contribution in [0.15, 0.2) is 121 Å². The summed E-state index contributed by atoms with van der Waals surface area (Å²) in [4.78, 5) is 0. The fraction of sp³-hybridized carbons (Fsp3) is 0.111. The van der Waals surface area contributed by atoms with E-state index < -0.39 is 13.4 Å². The zero-order valence-corrected chi connectivity index (χ0v) is 20.3. The molecule has 4 aromatic rings. The molecule has 0 aliphatic heterocycles. The maximum Gasteiger partial charge on any atom is 0.123 e. The zero-order chi connectivity index (χ0) is 20.7. The first-order valence-electron chi connectivity index (χ1n) is 10.2. The summed E-state index contributed by atoms with van der Waals surface area (Å²) in [5.41, 5.74) is 0. The highest BCUT2D eigenvalue weighted by Gasteiger charge is 2.46. The monoisotopic (exact) mass is 540 g/mol. The lowest BCUT2D eigenvalue weighted by molar-refractivity contribution is -0.00000775. The van der Waals surface area contributed by atoms with Crippen molar-refractivity contribution < 1.29 is 33.8 Å². The number of hydrogen-bond donors (Lipinski definition) is 1. The van der Waals surface area contributed by atoms with Crippen LogP contribution in [-0.2, 0) is 0 Å². The Kier molecular flexibility index (Phi) is 8.65. The lowest BCUT2D eigenvalue weighted by Crippen LogP contribution is -3.00. The highest BCUT2D eigenvalue weighted by molar-refractivity contribution is 7.95. The smallest absolute Gasteiger partial charge is 0.123 e. The van der Waals surface area contributed by atoms with E-state index in [1.54, 1.807) is 0 Å². The van der Waals surface area contributed by atoms with E-state index in [1.807, 2.05) is 48.5 Å². The molecule has 2 nitrogen and oxygen atoms in total. The highest BCUT2D eigenvalue weighted by Crippen LogP contribution is 2.55. The molecule has 0 aliphatic carbocycles. The van der Waals surface area contributed by atoms with Gasteiger partial charge in [0, 0.05) is 0 Å². The molecule has 0 fully saturated rings. The van der Waals surface area contributed by atoms with Gasteiger partial charge >= 0.3 is 0 Å². The summed E-state index contributed by atoms with van der Waals surface area (Å²) in [6, 6.07) is 41.5. The Balaban J connectivity index is 0.00000272. The molecule has 0 amide bonds. The minimum absolute atomic E-state index is 0. The van der Waals surface area contributed by atoms with Crippen LogP contribution in [0.2, 0.25) is 0 Å². The number of rotatable bonds is 8. The topological polar surface area (TPSA) is 29.5 Å². The summed E-state index contributed by atoms with van der Waals surface area (Å²) in [5, 5.41) is 14.9. The number of aliphatic hydroxyl groups excluding tert-OH is 1. The SMILES string of the molecule is OC(COc1ccccc1)C[P+](c1ccccc1)(c1ccccc1)c1ccccc1.[I-]. The van der Waals surface area contributed by atoms with Crippen LogP contribution in [0.4, 0.5) is 0 Å². The van der Waals surface area contributed by atoms with Gasteiger partial charge < -0.3 is 33.8 Å². The van der Waals surface area contributed by atoms with Gasteiger partial charge in [-0.25, -0.2) is 0 Å². The molecular weight excluding hydrogens is 514 g/mol. The van der Waals surface area contributed by atoms with Gasteiger partial charge in [-0.2, -0.15) is 0 Å². The Morgan fingerprint density at radius 3 is 1.32 bits per heavy atom. The van der Waals surface area contributed by atoms with Gasteiger partial charge in [0.05, 0.1) is 0 Å². The van der Waals surface area contributed by atoms with Crippen molar-refractivity contribution in [2.75, 3.05) is 12.8 Å². The van der Waals surface area contributed by atoms with Crippen molar-refractivity contribution in [1.82, 2.24) is 0 Å². The second-order valence-electron chi connectivity index (χ2n) is 7.28. The third-order valence-corrected chi connectivity index (χ3v) is 9.77. The molecule has 0 saturated carbocycles. The summed E-state index contributed by atoms with van der Waals surface area (Å²) in [7, 11) is -2.06. The predicted molar refractivity (Wildman–Crippen MR) is 128 cm³/mol. The molecule has 1 N–H and O–H groups in total. The zero-order valence-electron chi connectivity index (χ0n) is 17.2. The van der Waals surface area contributed by atoms with Crippen molar-refractivity contribution >= 4 is 23.2 Å². The van der Waals surface area contributed by atoms with Gasteiger partial charge in [-0.05, 0) is 48.5 Å². The van der Waals surface area contributed by atoms with E-state index in [0.29, 0.717) is 6.16 Å². The standard InChI is InChI=1S/C27H26O2P.HI/c28-23(21-29-24-13-5-1-6-14-24)22-30(25-15-7-2-8-16-25,26-17-9-3-10-18-26)27-19-11-4-12-20-27;/h1-20,23,28H,21-22H2;1H/q+1;/p-1. The maximum absolute atomic E-state index is 11.1. The number of ether oxygens (including phenoxy) is 1. The quantitative estimate of drug-likeness (QED) is 0.271. The molecule has 158 valence electrons. The third kappa shape index (κ3) is 5.54. The van der Waals surface area contributed by atoms with Gasteiger partial charge in [-0.3, -0.25) is 0 Å². The number of aliphatic hydroxyl groups is 1. The van der Waals surface area contributed by atoms with Crippen LogP contribution < -0.4 is 44.6 Å². The minimum Gasteiger partial charge on any atom is -1.00 e. The van der Waals surface area contributed by atoms with Crippen LogP contribution >= 0.6 is 7.26 Å². The summed E-state index contributed by atoms with van der Waals surface area (Å²) in [6.45, 7) is 0.262. The molecule has 31 heavy (non-hydrogen) atoms. The van der Waals surface area contributed by atoms with Gasteiger partial charge in [-0.1, -0.05) is 72.8 Å². The lowest BCUT2D eigenvalue weighted by atomic mass is 10.3. The number of hydrogen-bond acceptors (Lipinski definition) is 2. The van der Waals surface area contributed by atoms with Crippen molar-refractivity contribution in [3.05, 3.63) is 121 Å². The van der Waals surface area contributed by atoms with Crippen LogP contribution in [0.25, 0.3) is 0 Å². The van der Waals surface area contributed by atoms with E-state index in [4.69, 9.17) is 4.74 Å². The van der Waals surface area contributed by atoms with Crippen LogP contribution in [0.1, 0.15) is 0 Å². The summed E-state index contributed by atoms with van der Waals surface area (Å²) >= 11 is 0. The van der Waals surface area contributed by atoms with Gasteiger partial charge in [0.1, 0.15) is 47.8 Å². The van der Waals surface area contributed by atoms with E-state index >= 15 is 0 Å². The Morgan fingerprint density at radius 2 is 0.935 bits per heavy atom. The van der Waals surface area contributed by atoms with Crippen molar-refractivity contribution in [3.63, 3.8) is 0 Å². The van der Waals surface area contributed by atoms with Gasteiger partial charge in [0.2, 0.25) is 0 Å². The Morgan fingerprint density at radius 1 is 0.581 bits per heavy atom. The van der Waals surface area contributed by atoms with E-state index in [2.05, 4.69) is 72.8 Å². The molecule has 0 saturated heterocycles. The maximum atomic E-state index is 11.1. The average Bonchev–Trinajstić information content (AvgIpc) is 2.83. The van der Waals surface area contributed by atoms with E-state index in [0.717, 1.165) is 5.75 Å². The minimum atomic E-state index is -2.06. The summed E-state index contributed by atoms with van der Waals surface area (Å²) in [5.74, 6) is 0.777. The Bertz CT molecular complexity index is 931. The molecule has 0 radical (unpaired) electrons. The number of halogens is 1. The highest BCUT2D eigenvalue weighted by atomic mass is 127. The molecule has 0 bridgehead atoms. The normalized spacial score (nSPS) is 11.9. The molecule has 4 heteroatoms. The van der Waals surface area contributed by atoms with Crippen LogP contribution in [0, 0.1) is 0 Å². The summed E-state index contributed by atoms with van der Waals surface area (Å²) < 4.78 is 5.89. The van der Waals surface area contributed by atoms with Gasteiger partial charge in [-0.15, -0.1) is 0 Å². The first-order chi connectivity index (χ1) is 14.8. The second-order valence-corrected chi connectivity index (χ2v) is 10.8. The molecule has 1 atom stereocenters. The van der Waals surface area contributed by atoms with Crippen LogP contribution in [0.5, 0.6) is 5.75 Å². The van der Waals surface area contributed by atoms with Crippen molar-refractivity contribution in [1.29, 1.82) is 0 Å². The van der Waals surface area contributed by atoms with Crippen molar-refractivity contribution in [3.8, 4) is 5.75 Å². The van der Waals surface area contributed by atoms with Crippen LogP contribution in [-0.4, -0.2) is 24.0 Å². The fourth-order valence-electron chi connectivity index (χ4n) is 3.89. The average molecular weight is 540 g/mol.